The Balaban J connectivity index is 2.23. The van der Waals surface area contributed by atoms with E-state index in [2.05, 4.69) is 6.92 Å². The van der Waals surface area contributed by atoms with E-state index in [1.165, 1.54) is 32.1 Å². The second kappa shape index (κ2) is 10.7. The van der Waals surface area contributed by atoms with Crippen LogP contribution in [0.15, 0.2) is 0 Å². The molecule has 116 valence electrons. The van der Waals surface area contributed by atoms with Crippen LogP contribution in [-0.4, -0.2) is 25.2 Å². The molecule has 0 amide bonds. The number of cyclic esters (lactones) is 2. The molecule has 1 rings (SSSR count). The van der Waals surface area contributed by atoms with E-state index in [-0.39, 0.29) is 0 Å². The van der Waals surface area contributed by atoms with Crippen LogP contribution >= 0.6 is 0 Å². The molecule has 4 heteroatoms. The van der Waals surface area contributed by atoms with E-state index in [4.69, 9.17) is 9.47 Å². The standard InChI is InChI=1S/C16H28O4/c1-2-3-4-5-6-7-8-11-14-15(17)19-12-9-10-13-20-16(14)18/h14H,2-13H2,1H3. The quantitative estimate of drug-likeness (QED) is 0.388. The van der Waals surface area contributed by atoms with Gasteiger partial charge in [0.2, 0.25) is 0 Å². The molecule has 0 bridgehead atoms. The van der Waals surface area contributed by atoms with Crippen LogP contribution in [0, 0.1) is 5.92 Å². The molecule has 0 radical (unpaired) electrons. The fourth-order valence-electron chi connectivity index (χ4n) is 2.39. The lowest BCUT2D eigenvalue weighted by atomic mass is 10.00. The summed E-state index contributed by atoms with van der Waals surface area (Å²) in [5.74, 6) is -1.51. The minimum Gasteiger partial charge on any atom is -0.465 e. The molecule has 0 N–H and O–H groups in total. The first kappa shape index (κ1) is 17.0. The van der Waals surface area contributed by atoms with Crippen molar-refractivity contribution in [3.63, 3.8) is 0 Å². The molecule has 0 atom stereocenters. The third-order valence-corrected chi connectivity index (χ3v) is 3.69. The number of hydrogen-bond donors (Lipinski definition) is 0. The van der Waals surface area contributed by atoms with Gasteiger partial charge in [0.25, 0.3) is 0 Å². The zero-order chi connectivity index (χ0) is 14.6. The number of carbonyl (C=O) groups is 2. The second-order valence-corrected chi connectivity index (χ2v) is 5.50. The Morgan fingerprint density at radius 2 is 1.35 bits per heavy atom. The fourth-order valence-corrected chi connectivity index (χ4v) is 2.39. The number of unbranched alkanes of at least 4 members (excludes halogenated alkanes) is 6. The van der Waals surface area contributed by atoms with E-state index < -0.39 is 17.9 Å². The molecule has 1 aliphatic rings. The van der Waals surface area contributed by atoms with Crippen LogP contribution < -0.4 is 0 Å². The van der Waals surface area contributed by atoms with Crippen molar-refractivity contribution < 1.29 is 19.1 Å². The van der Waals surface area contributed by atoms with Gasteiger partial charge in [0.1, 0.15) is 0 Å². The van der Waals surface area contributed by atoms with E-state index in [0.29, 0.717) is 19.6 Å². The number of hydrogen-bond acceptors (Lipinski definition) is 4. The van der Waals surface area contributed by atoms with Gasteiger partial charge in [-0.3, -0.25) is 9.59 Å². The van der Waals surface area contributed by atoms with Gasteiger partial charge in [-0.15, -0.1) is 0 Å². The van der Waals surface area contributed by atoms with Crippen LogP contribution in [0.3, 0.4) is 0 Å². The highest BCUT2D eigenvalue weighted by molar-refractivity contribution is 5.94. The van der Waals surface area contributed by atoms with Crippen molar-refractivity contribution in [1.82, 2.24) is 0 Å². The molecule has 1 saturated heterocycles. The maximum absolute atomic E-state index is 11.8. The summed E-state index contributed by atoms with van der Waals surface area (Å²) in [7, 11) is 0. The average molecular weight is 284 g/mol. The average Bonchev–Trinajstić information content (AvgIpc) is 2.51. The van der Waals surface area contributed by atoms with Crippen molar-refractivity contribution >= 4 is 11.9 Å². The van der Waals surface area contributed by atoms with E-state index in [9.17, 15) is 9.59 Å². The number of rotatable bonds is 8. The highest BCUT2D eigenvalue weighted by Crippen LogP contribution is 2.17. The summed E-state index contributed by atoms with van der Waals surface area (Å²) in [6.45, 7) is 3.01. The zero-order valence-corrected chi connectivity index (χ0v) is 12.7. The van der Waals surface area contributed by atoms with Gasteiger partial charge in [0.05, 0.1) is 13.2 Å². The Morgan fingerprint density at radius 1 is 0.850 bits per heavy atom. The Kier molecular flexibility index (Phi) is 9.09. The third-order valence-electron chi connectivity index (χ3n) is 3.69. The highest BCUT2D eigenvalue weighted by Gasteiger charge is 2.29. The minimum absolute atomic E-state index is 0.400. The Labute approximate surface area is 122 Å². The van der Waals surface area contributed by atoms with Crippen LogP contribution in [0.5, 0.6) is 0 Å². The molecule has 20 heavy (non-hydrogen) atoms. The van der Waals surface area contributed by atoms with Crippen molar-refractivity contribution in [3.8, 4) is 0 Å². The Hall–Kier alpha value is -1.06. The SMILES string of the molecule is CCCCCCCCCC1C(=O)OCCCCOC1=O. The lowest BCUT2D eigenvalue weighted by molar-refractivity contribution is -0.161. The smallest absolute Gasteiger partial charge is 0.320 e. The predicted molar refractivity (Wildman–Crippen MR) is 77.3 cm³/mol. The highest BCUT2D eigenvalue weighted by atomic mass is 16.6. The molecule has 4 nitrogen and oxygen atoms in total. The van der Waals surface area contributed by atoms with Crippen LogP contribution in [0.25, 0.3) is 0 Å². The first-order chi connectivity index (χ1) is 9.75. The molecule has 0 aliphatic carbocycles. The van der Waals surface area contributed by atoms with Crippen LogP contribution in [0.1, 0.15) is 71.1 Å². The summed E-state index contributed by atoms with van der Waals surface area (Å²) >= 11 is 0. The molecule has 1 fully saturated rings. The predicted octanol–water partition coefficient (Wildman–Crippen LogP) is 3.62. The lowest BCUT2D eigenvalue weighted by Gasteiger charge is -2.13. The third kappa shape index (κ3) is 6.92. The summed E-state index contributed by atoms with van der Waals surface area (Å²) in [4.78, 5) is 23.6. The van der Waals surface area contributed by atoms with Crippen molar-refractivity contribution in [1.29, 1.82) is 0 Å². The van der Waals surface area contributed by atoms with E-state index in [1.807, 2.05) is 0 Å². The number of ether oxygens (including phenoxy) is 2. The molecule has 0 aromatic heterocycles. The summed E-state index contributed by atoms with van der Waals surface area (Å²) in [5, 5.41) is 0. The number of carbonyl (C=O) groups excluding carboxylic acids is 2. The number of esters is 2. The monoisotopic (exact) mass is 284 g/mol. The first-order valence-electron chi connectivity index (χ1n) is 8.09. The van der Waals surface area contributed by atoms with Crippen LogP contribution in [0.2, 0.25) is 0 Å². The van der Waals surface area contributed by atoms with Crippen molar-refractivity contribution in [2.45, 2.75) is 71.1 Å². The lowest BCUT2D eigenvalue weighted by Crippen LogP contribution is -2.27. The largest absolute Gasteiger partial charge is 0.465 e. The van der Waals surface area contributed by atoms with Gasteiger partial charge in [0.15, 0.2) is 5.92 Å². The molecule has 0 saturated carbocycles. The van der Waals surface area contributed by atoms with Crippen molar-refractivity contribution in [3.05, 3.63) is 0 Å². The van der Waals surface area contributed by atoms with Gasteiger partial charge in [-0.05, 0) is 19.3 Å². The van der Waals surface area contributed by atoms with E-state index >= 15 is 0 Å². The van der Waals surface area contributed by atoms with Gasteiger partial charge >= 0.3 is 11.9 Å². The van der Waals surface area contributed by atoms with Gasteiger partial charge in [-0.25, -0.2) is 0 Å². The second-order valence-electron chi connectivity index (χ2n) is 5.50. The van der Waals surface area contributed by atoms with Crippen LogP contribution in [-0.2, 0) is 19.1 Å². The fraction of sp³-hybridized carbons (Fsp3) is 0.875. The molecular weight excluding hydrogens is 256 g/mol. The Bertz CT molecular complexity index is 268. The first-order valence-corrected chi connectivity index (χ1v) is 8.09. The summed E-state index contributed by atoms with van der Waals surface area (Å²) in [6.07, 6.45) is 10.3. The summed E-state index contributed by atoms with van der Waals surface area (Å²) < 4.78 is 10.2. The minimum atomic E-state index is -0.705. The van der Waals surface area contributed by atoms with Crippen molar-refractivity contribution in [2.75, 3.05) is 13.2 Å². The molecule has 0 unspecified atom stereocenters. The zero-order valence-electron chi connectivity index (χ0n) is 12.7. The van der Waals surface area contributed by atoms with Gasteiger partial charge in [-0.2, -0.15) is 0 Å². The topological polar surface area (TPSA) is 52.6 Å². The Morgan fingerprint density at radius 3 is 1.90 bits per heavy atom. The van der Waals surface area contributed by atoms with E-state index in [0.717, 1.165) is 25.7 Å². The summed E-state index contributed by atoms with van der Waals surface area (Å²) in [6, 6.07) is 0. The van der Waals surface area contributed by atoms with Gasteiger partial charge in [-0.1, -0.05) is 51.9 Å². The summed E-state index contributed by atoms with van der Waals surface area (Å²) in [5.41, 5.74) is 0. The molecule has 1 heterocycles. The van der Waals surface area contributed by atoms with Crippen LogP contribution in [0.4, 0.5) is 0 Å². The molecule has 0 spiro atoms. The van der Waals surface area contributed by atoms with Gasteiger partial charge < -0.3 is 9.47 Å². The maximum atomic E-state index is 11.8. The molecule has 0 aromatic rings. The van der Waals surface area contributed by atoms with Gasteiger partial charge in [0, 0.05) is 0 Å². The van der Waals surface area contributed by atoms with Crippen molar-refractivity contribution in [2.24, 2.45) is 5.92 Å². The van der Waals surface area contributed by atoms with E-state index in [1.54, 1.807) is 0 Å². The molecule has 0 aromatic carbocycles. The molecular formula is C16H28O4. The maximum Gasteiger partial charge on any atom is 0.320 e. The normalized spacial score (nSPS) is 17.9. The molecule has 1 aliphatic heterocycles.